The Balaban J connectivity index is 1.84. The molecule has 0 aromatic heterocycles. The van der Waals surface area contributed by atoms with Gasteiger partial charge in [-0.3, -0.25) is 9.59 Å². The number of rotatable bonds is 3. The topological polar surface area (TPSA) is 83.6 Å². The molecule has 1 aromatic carbocycles. The molecule has 0 spiro atoms. The Hall–Kier alpha value is -1.73. The number of hydrazine groups is 1. The number of carbonyl (C=O) groups is 2. The maximum Gasteiger partial charge on any atom is 0.257 e. The molecule has 2 aliphatic rings. The third-order valence-electron chi connectivity index (χ3n) is 4.38. The van der Waals surface area contributed by atoms with Crippen molar-refractivity contribution in [2.45, 2.75) is 37.5 Å². The van der Waals surface area contributed by atoms with E-state index in [-0.39, 0.29) is 16.7 Å². The van der Waals surface area contributed by atoms with Gasteiger partial charge >= 0.3 is 0 Å². The van der Waals surface area contributed by atoms with Crippen LogP contribution in [0.3, 0.4) is 0 Å². The molecule has 1 aliphatic heterocycles. The van der Waals surface area contributed by atoms with E-state index < -0.39 is 21.8 Å². The second-order valence-electron chi connectivity index (χ2n) is 5.92. The van der Waals surface area contributed by atoms with Crippen molar-refractivity contribution in [3.8, 4) is 0 Å². The highest BCUT2D eigenvalue weighted by molar-refractivity contribution is 7.89. The molecule has 1 aliphatic carbocycles. The molecule has 0 radical (unpaired) electrons. The number of imide groups is 1. The van der Waals surface area contributed by atoms with E-state index in [1.165, 1.54) is 12.1 Å². The molecule has 1 aromatic rings. The lowest BCUT2D eigenvalue weighted by molar-refractivity contribution is -0.141. The van der Waals surface area contributed by atoms with E-state index in [1.807, 2.05) is 6.92 Å². The third-order valence-corrected chi connectivity index (χ3v) is 5.70. The third kappa shape index (κ3) is 2.55. The molecule has 2 amide bonds. The van der Waals surface area contributed by atoms with Crippen molar-refractivity contribution in [2.75, 3.05) is 0 Å². The first-order valence-electron chi connectivity index (χ1n) is 7.37. The zero-order valence-electron chi connectivity index (χ0n) is 12.3. The highest BCUT2D eigenvalue weighted by atomic mass is 32.2. The van der Waals surface area contributed by atoms with Gasteiger partial charge in [0.05, 0.1) is 16.7 Å². The summed E-state index contributed by atoms with van der Waals surface area (Å²) in [6.45, 7) is 1.85. The van der Waals surface area contributed by atoms with Crippen LogP contribution in [0.4, 0.5) is 0 Å². The van der Waals surface area contributed by atoms with Crippen molar-refractivity contribution in [3.05, 3.63) is 29.8 Å². The first kappa shape index (κ1) is 15.2. The number of benzene rings is 1. The lowest BCUT2D eigenvalue weighted by atomic mass is 9.81. The van der Waals surface area contributed by atoms with Crippen LogP contribution in [0.25, 0.3) is 0 Å². The van der Waals surface area contributed by atoms with Gasteiger partial charge < -0.3 is 0 Å². The van der Waals surface area contributed by atoms with Crippen LogP contribution in [0, 0.1) is 18.8 Å². The van der Waals surface area contributed by atoms with Crippen LogP contribution in [-0.4, -0.2) is 25.2 Å². The predicted octanol–water partition coefficient (Wildman–Crippen LogP) is 1.36. The van der Waals surface area contributed by atoms with Gasteiger partial charge in [-0.1, -0.05) is 30.5 Å². The minimum absolute atomic E-state index is 0.0357. The Labute approximate surface area is 129 Å². The van der Waals surface area contributed by atoms with Crippen LogP contribution in [0.1, 0.15) is 31.2 Å². The fourth-order valence-electron chi connectivity index (χ4n) is 3.14. The second-order valence-corrected chi connectivity index (χ2v) is 7.58. The van der Waals surface area contributed by atoms with Crippen LogP contribution in [0.15, 0.2) is 29.2 Å². The van der Waals surface area contributed by atoms with Crippen LogP contribution in [0.5, 0.6) is 0 Å². The maximum absolute atomic E-state index is 12.3. The number of sulfonamides is 1. The van der Waals surface area contributed by atoms with Crippen molar-refractivity contribution in [3.63, 3.8) is 0 Å². The Morgan fingerprint density at radius 3 is 2.00 bits per heavy atom. The number of hydrogen-bond acceptors (Lipinski definition) is 4. The van der Waals surface area contributed by atoms with E-state index in [1.54, 1.807) is 12.1 Å². The van der Waals surface area contributed by atoms with Gasteiger partial charge in [0.25, 0.3) is 10.0 Å². The number of hydrogen-bond donors (Lipinski definition) is 1. The van der Waals surface area contributed by atoms with Crippen LogP contribution in [-0.2, 0) is 19.6 Å². The maximum atomic E-state index is 12.3. The van der Waals surface area contributed by atoms with Gasteiger partial charge in [0.1, 0.15) is 0 Å². The summed E-state index contributed by atoms with van der Waals surface area (Å²) in [5.74, 6) is -1.60. The lowest BCUT2D eigenvalue weighted by Crippen LogP contribution is -2.46. The summed E-state index contributed by atoms with van der Waals surface area (Å²) >= 11 is 0. The molecule has 2 fully saturated rings. The van der Waals surface area contributed by atoms with Gasteiger partial charge in [-0.05, 0) is 31.9 Å². The van der Waals surface area contributed by atoms with E-state index in [4.69, 9.17) is 0 Å². The molecule has 1 saturated heterocycles. The van der Waals surface area contributed by atoms with Gasteiger partial charge in [0.2, 0.25) is 11.8 Å². The minimum Gasteiger partial charge on any atom is -0.273 e. The standard InChI is InChI=1S/C15H18N2O4S/c1-10-6-8-11(9-7-10)22(20,21)16-17-14(18)12-4-2-3-5-13(12)15(17)19/h6-9,12-13,16H,2-5H2,1H3. The fraction of sp³-hybridized carbons (Fsp3) is 0.467. The minimum atomic E-state index is -3.93. The number of aryl methyl sites for hydroxylation is 1. The van der Waals surface area contributed by atoms with E-state index in [9.17, 15) is 18.0 Å². The summed E-state index contributed by atoms with van der Waals surface area (Å²) in [6.07, 6.45) is 3.10. The summed E-state index contributed by atoms with van der Waals surface area (Å²) in [6, 6.07) is 6.25. The summed E-state index contributed by atoms with van der Waals surface area (Å²) < 4.78 is 24.7. The fourth-order valence-corrected chi connectivity index (χ4v) is 4.16. The molecular weight excluding hydrogens is 304 g/mol. The highest BCUT2D eigenvalue weighted by Crippen LogP contribution is 2.37. The highest BCUT2D eigenvalue weighted by Gasteiger charge is 2.49. The Kier molecular flexibility index (Phi) is 3.78. The molecule has 118 valence electrons. The number of nitrogens with one attached hydrogen (secondary N) is 1. The average molecular weight is 322 g/mol. The van der Waals surface area contributed by atoms with Gasteiger partial charge in [-0.2, -0.15) is 5.01 Å². The molecule has 7 heteroatoms. The van der Waals surface area contributed by atoms with E-state index in [0.717, 1.165) is 18.4 Å². The van der Waals surface area contributed by atoms with Gasteiger partial charge in [-0.25, -0.2) is 8.42 Å². The molecule has 1 N–H and O–H groups in total. The zero-order chi connectivity index (χ0) is 15.9. The first-order chi connectivity index (χ1) is 10.4. The smallest absolute Gasteiger partial charge is 0.257 e. The predicted molar refractivity (Wildman–Crippen MR) is 78.8 cm³/mol. The van der Waals surface area contributed by atoms with Crippen molar-refractivity contribution in [1.29, 1.82) is 0 Å². The van der Waals surface area contributed by atoms with Crippen molar-refractivity contribution in [1.82, 2.24) is 9.84 Å². The summed E-state index contributed by atoms with van der Waals surface area (Å²) in [7, 11) is -3.93. The monoisotopic (exact) mass is 322 g/mol. The van der Waals surface area contributed by atoms with Crippen LogP contribution < -0.4 is 4.83 Å². The summed E-state index contributed by atoms with van der Waals surface area (Å²) in [5.41, 5.74) is 0.929. The van der Waals surface area contributed by atoms with Gasteiger partial charge in [-0.15, -0.1) is 4.83 Å². The Morgan fingerprint density at radius 2 is 1.50 bits per heavy atom. The largest absolute Gasteiger partial charge is 0.273 e. The van der Waals surface area contributed by atoms with E-state index >= 15 is 0 Å². The van der Waals surface area contributed by atoms with Crippen molar-refractivity contribution >= 4 is 21.8 Å². The molecule has 2 unspecified atom stereocenters. The number of nitrogens with zero attached hydrogens (tertiary/aromatic N) is 1. The first-order valence-corrected chi connectivity index (χ1v) is 8.85. The second kappa shape index (κ2) is 5.48. The van der Waals surface area contributed by atoms with Crippen LogP contribution in [0.2, 0.25) is 0 Å². The molecule has 22 heavy (non-hydrogen) atoms. The number of amides is 2. The van der Waals surface area contributed by atoms with Crippen molar-refractivity contribution < 1.29 is 18.0 Å². The van der Waals surface area contributed by atoms with E-state index in [2.05, 4.69) is 4.83 Å². The molecule has 6 nitrogen and oxygen atoms in total. The number of carbonyl (C=O) groups excluding carboxylic acids is 2. The van der Waals surface area contributed by atoms with Gasteiger partial charge in [0, 0.05) is 0 Å². The normalized spacial score (nSPS) is 25.4. The van der Waals surface area contributed by atoms with E-state index in [0.29, 0.717) is 17.9 Å². The molecule has 2 atom stereocenters. The Bertz CT molecular complexity index is 688. The average Bonchev–Trinajstić information content (AvgIpc) is 2.73. The van der Waals surface area contributed by atoms with Crippen molar-refractivity contribution in [2.24, 2.45) is 11.8 Å². The zero-order valence-corrected chi connectivity index (χ0v) is 13.1. The number of fused-ring (bicyclic) bond motifs is 1. The lowest BCUT2D eigenvalue weighted by Gasteiger charge is -2.19. The summed E-state index contributed by atoms with van der Waals surface area (Å²) in [5, 5.41) is 0.704. The Morgan fingerprint density at radius 1 is 1.00 bits per heavy atom. The molecular formula is C15H18N2O4S. The van der Waals surface area contributed by atoms with Crippen LogP contribution >= 0.6 is 0 Å². The molecule has 0 bridgehead atoms. The molecule has 3 rings (SSSR count). The molecule has 1 heterocycles. The quantitative estimate of drug-likeness (QED) is 0.852. The van der Waals surface area contributed by atoms with Gasteiger partial charge in [0.15, 0.2) is 0 Å². The SMILES string of the molecule is Cc1ccc(S(=O)(=O)NN2C(=O)C3CCCCC3C2=O)cc1. The summed E-state index contributed by atoms with van der Waals surface area (Å²) in [4.78, 5) is 26.8. The molecule has 1 saturated carbocycles.